The number of amides is 2. The molecule has 1 aromatic heterocycles. The highest BCUT2D eigenvalue weighted by molar-refractivity contribution is 7.22. The summed E-state index contributed by atoms with van der Waals surface area (Å²) in [5, 5.41) is 3.25. The highest BCUT2D eigenvalue weighted by Gasteiger charge is 2.30. The van der Waals surface area contributed by atoms with Crippen molar-refractivity contribution >= 4 is 38.5 Å². The number of rotatable bonds is 2. The summed E-state index contributed by atoms with van der Waals surface area (Å²) in [6.07, 6.45) is 0.650. The highest BCUT2D eigenvalue weighted by atomic mass is 32.1. The molecule has 1 aromatic carbocycles. The van der Waals surface area contributed by atoms with E-state index in [-0.39, 0.29) is 11.8 Å². The number of carbonyl (C=O) groups excluding carboxylic acids is 2. The number of likely N-dealkylation sites (tertiary alicyclic amines) is 1. The van der Waals surface area contributed by atoms with Crippen LogP contribution in [-0.2, 0) is 4.79 Å². The number of carbonyl (C=O) groups is 2. The van der Waals surface area contributed by atoms with Crippen molar-refractivity contribution in [1.82, 2.24) is 15.2 Å². The summed E-state index contributed by atoms with van der Waals surface area (Å²) in [6, 6.07) is 4.79. The van der Waals surface area contributed by atoms with Crippen LogP contribution in [-0.4, -0.2) is 41.3 Å². The minimum Gasteiger partial charge on any atom is -0.375 e. The lowest BCUT2D eigenvalue weighted by Crippen LogP contribution is -2.40. The van der Waals surface area contributed by atoms with Gasteiger partial charge in [0.15, 0.2) is 5.13 Å². The first-order chi connectivity index (χ1) is 9.54. The normalized spacial score (nSPS) is 18.8. The SMILES string of the molecule is CN1CCC(NC(=O)c2ccc3nc(N)sc3c2)C1=O. The molecule has 104 valence electrons. The third-order valence-electron chi connectivity index (χ3n) is 3.40. The summed E-state index contributed by atoms with van der Waals surface area (Å²) in [5.74, 6) is -0.283. The van der Waals surface area contributed by atoms with Crippen molar-refractivity contribution in [3.8, 4) is 0 Å². The lowest BCUT2D eigenvalue weighted by molar-refractivity contribution is -0.128. The predicted molar refractivity (Wildman–Crippen MR) is 77.5 cm³/mol. The van der Waals surface area contributed by atoms with Crippen LogP contribution in [0.15, 0.2) is 18.2 Å². The van der Waals surface area contributed by atoms with Crippen LogP contribution in [0.25, 0.3) is 10.2 Å². The summed E-state index contributed by atoms with van der Waals surface area (Å²) in [6.45, 7) is 0.675. The minimum absolute atomic E-state index is 0.0403. The van der Waals surface area contributed by atoms with Gasteiger partial charge in [0.05, 0.1) is 10.2 Å². The van der Waals surface area contributed by atoms with Gasteiger partial charge in [0.2, 0.25) is 5.91 Å². The van der Waals surface area contributed by atoms with Gasteiger partial charge < -0.3 is 16.0 Å². The minimum atomic E-state index is -0.422. The molecule has 1 aliphatic heterocycles. The molecule has 7 heteroatoms. The van der Waals surface area contributed by atoms with E-state index in [9.17, 15) is 9.59 Å². The van der Waals surface area contributed by atoms with Crippen molar-refractivity contribution in [1.29, 1.82) is 0 Å². The first-order valence-corrected chi connectivity index (χ1v) is 7.08. The molecule has 2 heterocycles. The summed E-state index contributed by atoms with van der Waals surface area (Å²) in [4.78, 5) is 29.7. The third-order valence-corrected chi connectivity index (χ3v) is 4.25. The third kappa shape index (κ3) is 2.20. The van der Waals surface area contributed by atoms with E-state index in [1.54, 1.807) is 30.1 Å². The Morgan fingerprint density at radius 1 is 1.55 bits per heavy atom. The number of nitrogen functional groups attached to an aromatic ring is 1. The van der Waals surface area contributed by atoms with Crippen LogP contribution < -0.4 is 11.1 Å². The van der Waals surface area contributed by atoms with E-state index in [2.05, 4.69) is 10.3 Å². The van der Waals surface area contributed by atoms with Crippen molar-refractivity contribution in [2.45, 2.75) is 12.5 Å². The van der Waals surface area contributed by atoms with E-state index >= 15 is 0 Å². The van der Waals surface area contributed by atoms with Crippen LogP contribution in [0.2, 0.25) is 0 Å². The number of nitrogens with two attached hydrogens (primary N) is 1. The second-order valence-electron chi connectivity index (χ2n) is 4.81. The van der Waals surface area contributed by atoms with Crippen molar-refractivity contribution < 1.29 is 9.59 Å². The zero-order valence-electron chi connectivity index (χ0n) is 10.9. The number of aromatic nitrogens is 1. The number of nitrogens with one attached hydrogen (secondary N) is 1. The summed E-state index contributed by atoms with van der Waals surface area (Å²) < 4.78 is 0.866. The monoisotopic (exact) mass is 290 g/mol. The number of hydrogen-bond acceptors (Lipinski definition) is 5. The number of thiazole rings is 1. The van der Waals surface area contributed by atoms with Crippen LogP contribution in [0.3, 0.4) is 0 Å². The van der Waals surface area contributed by atoms with Gasteiger partial charge in [-0.1, -0.05) is 11.3 Å². The molecule has 0 radical (unpaired) electrons. The molecule has 0 bridgehead atoms. The average molecular weight is 290 g/mol. The van der Waals surface area contributed by atoms with E-state index in [0.29, 0.717) is 23.7 Å². The van der Waals surface area contributed by atoms with Crippen LogP contribution >= 0.6 is 11.3 Å². The number of benzene rings is 1. The Labute approximate surface area is 119 Å². The van der Waals surface area contributed by atoms with Gasteiger partial charge in [-0.05, 0) is 24.6 Å². The number of anilines is 1. The molecule has 2 amide bonds. The zero-order valence-corrected chi connectivity index (χ0v) is 11.7. The second kappa shape index (κ2) is 4.75. The van der Waals surface area contributed by atoms with Gasteiger partial charge in [-0.25, -0.2) is 4.98 Å². The van der Waals surface area contributed by atoms with Crippen molar-refractivity contribution in [2.24, 2.45) is 0 Å². The predicted octanol–water partition coefficient (Wildman–Crippen LogP) is 0.839. The fraction of sp³-hybridized carbons (Fsp3) is 0.308. The van der Waals surface area contributed by atoms with E-state index in [1.807, 2.05) is 0 Å². The zero-order chi connectivity index (χ0) is 14.3. The summed E-state index contributed by atoms with van der Waals surface area (Å²) in [7, 11) is 1.74. The van der Waals surface area contributed by atoms with E-state index in [1.165, 1.54) is 11.3 Å². The van der Waals surface area contributed by atoms with Crippen LogP contribution in [0.5, 0.6) is 0 Å². The van der Waals surface area contributed by atoms with Gasteiger partial charge in [-0.15, -0.1) is 0 Å². The number of hydrogen-bond donors (Lipinski definition) is 2. The molecule has 0 aliphatic carbocycles. The molecule has 3 N–H and O–H groups in total. The Morgan fingerprint density at radius 2 is 2.35 bits per heavy atom. The molecule has 1 atom stereocenters. The van der Waals surface area contributed by atoms with Crippen molar-refractivity contribution in [3.05, 3.63) is 23.8 Å². The van der Waals surface area contributed by atoms with Crippen LogP contribution in [0, 0.1) is 0 Å². The van der Waals surface area contributed by atoms with Gasteiger partial charge in [0.1, 0.15) is 6.04 Å². The Morgan fingerprint density at radius 3 is 3.05 bits per heavy atom. The molecule has 2 aromatic rings. The van der Waals surface area contributed by atoms with Gasteiger partial charge >= 0.3 is 0 Å². The lowest BCUT2D eigenvalue weighted by atomic mass is 10.1. The molecular formula is C13H14N4O2S. The molecular weight excluding hydrogens is 276 g/mol. The summed E-state index contributed by atoms with van der Waals surface area (Å²) in [5.41, 5.74) is 6.93. The molecule has 20 heavy (non-hydrogen) atoms. The Balaban J connectivity index is 1.80. The maximum Gasteiger partial charge on any atom is 0.251 e. The summed E-state index contributed by atoms with van der Waals surface area (Å²) >= 11 is 1.34. The van der Waals surface area contributed by atoms with E-state index in [4.69, 9.17) is 5.73 Å². The molecule has 1 aliphatic rings. The number of likely N-dealkylation sites (N-methyl/N-ethyl adjacent to an activating group) is 1. The van der Waals surface area contributed by atoms with Crippen molar-refractivity contribution in [3.63, 3.8) is 0 Å². The second-order valence-corrected chi connectivity index (χ2v) is 5.87. The maximum atomic E-state index is 12.2. The van der Waals surface area contributed by atoms with Gasteiger partial charge in [-0.2, -0.15) is 0 Å². The number of nitrogens with zero attached hydrogens (tertiary/aromatic N) is 2. The highest BCUT2D eigenvalue weighted by Crippen LogP contribution is 2.24. The molecule has 6 nitrogen and oxygen atoms in total. The topological polar surface area (TPSA) is 88.3 Å². The first kappa shape index (κ1) is 12.9. The van der Waals surface area contributed by atoms with Crippen LogP contribution in [0.1, 0.15) is 16.8 Å². The molecule has 0 spiro atoms. The van der Waals surface area contributed by atoms with Crippen LogP contribution in [0.4, 0.5) is 5.13 Å². The molecule has 1 unspecified atom stereocenters. The maximum absolute atomic E-state index is 12.2. The first-order valence-electron chi connectivity index (χ1n) is 6.26. The standard InChI is InChI=1S/C13H14N4O2S/c1-17-5-4-9(12(17)19)15-11(18)7-2-3-8-10(6-7)20-13(14)16-8/h2-3,6,9H,4-5H2,1H3,(H2,14,16)(H,15,18). The molecule has 1 saturated heterocycles. The van der Waals surface area contributed by atoms with Gasteiger partial charge in [0, 0.05) is 19.2 Å². The van der Waals surface area contributed by atoms with Gasteiger partial charge in [-0.3, -0.25) is 9.59 Å². The molecule has 0 saturated carbocycles. The number of fused-ring (bicyclic) bond motifs is 1. The van der Waals surface area contributed by atoms with Gasteiger partial charge in [0.25, 0.3) is 5.91 Å². The Bertz CT molecular complexity index is 697. The van der Waals surface area contributed by atoms with E-state index in [0.717, 1.165) is 10.2 Å². The van der Waals surface area contributed by atoms with E-state index < -0.39 is 6.04 Å². The smallest absolute Gasteiger partial charge is 0.251 e. The van der Waals surface area contributed by atoms with Crippen molar-refractivity contribution in [2.75, 3.05) is 19.3 Å². The Kier molecular flexibility index (Phi) is 3.06. The quantitative estimate of drug-likeness (QED) is 0.858. The largest absolute Gasteiger partial charge is 0.375 e. The fourth-order valence-electron chi connectivity index (χ4n) is 2.28. The fourth-order valence-corrected chi connectivity index (χ4v) is 3.06. The lowest BCUT2D eigenvalue weighted by Gasteiger charge is -2.12. The molecule has 3 rings (SSSR count). The average Bonchev–Trinajstić information content (AvgIpc) is 2.93. The Hall–Kier alpha value is -2.15. The molecule has 1 fully saturated rings.